The maximum absolute atomic E-state index is 13.7. The number of aliphatic hydroxyl groups excluding tert-OH is 1. The predicted octanol–water partition coefficient (Wildman–Crippen LogP) is 4.47. The zero-order valence-corrected chi connectivity index (χ0v) is 12.0. The van der Waals surface area contributed by atoms with Gasteiger partial charge in [0.25, 0.3) is 0 Å². The molecular formula is C11H9F13O2. The van der Waals surface area contributed by atoms with E-state index in [-0.39, 0.29) is 0 Å². The number of hydrogen-bond donors (Lipinski definition) is 1. The fourth-order valence-electron chi connectivity index (χ4n) is 2.14. The van der Waals surface area contributed by atoms with Gasteiger partial charge in [0.2, 0.25) is 0 Å². The van der Waals surface area contributed by atoms with Gasteiger partial charge in [-0.05, 0) is 12.8 Å². The van der Waals surface area contributed by atoms with E-state index < -0.39 is 67.4 Å². The highest BCUT2D eigenvalue weighted by atomic mass is 19.4. The highest BCUT2D eigenvalue weighted by Crippen LogP contribution is 2.61. The maximum atomic E-state index is 13.7. The molecule has 1 N–H and O–H groups in total. The van der Waals surface area contributed by atoms with Gasteiger partial charge in [0.1, 0.15) is 0 Å². The van der Waals surface area contributed by atoms with E-state index in [1.165, 1.54) is 0 Å². The first-order valence-corrected chi connectivity index (χ1v) is 6.52. The first kappa shape index (κ1) is 23.0. The van der Waals surface area contributed by atoms with Crippen molar-refractivity contribution in [2.24, 2.45) is 5.92 Å². The molecule has 1 aliphatic heterocycles. The smallest absolute Gasteiger partial charge is 0.367 e. The van der Waals surface area contributed by atoms with Gasteiger partial charge in [-0.2, -0.15) is 57.1 Å². The highest BCUT2D eigenvalue weighted by Gasteiger charge is 2.91. The summed E-state index contributed by atoms with van der Waals surface area (Å²) in [6, 6.07) is 0. The lowest BCUT2D eigenvalue weighted by Crippen LogP contribution is -2.71. The zero-order valence-electron chi connectivity index (χ0n) is 12.0. The molecule has 2 nitrogen and oxygen atoms in total. The highest BCUT2D eigenvalue weighted by molar-refractivity contribution is 5.11. The Morgan fingerprint density at radius 1 is 0.654 bits per heavy atom. The number of hydrogen-bond acceptors (Lipinski definition) is 2. The molecule has 156 valence electrons. The number of rotatable bonds is 5. The van der Waals surface area contributed by atoms with Gasteiger partial charge in [0, 0.05) is 6.61 Å². The average Bonchev–Trinajstić information content (AvgIpc) is 2.45. The molecule has 2 atom stereocenters. The predicted molar refractivity (Wildman–Crippen MR) is 55.5 cm³/mol. The molecule has 0 radical (unpaired) electrons. The maximum Gasteiger partial charge on any atom is 0.460 e. The van der Waals surface area contributed by atoms with Gasteiger partial charge in [-0.1, -0.05) is 0 Å². The summed E-state index contributed by atoms with van der Waals surface area (Å²) in [6.45, 7) is -0.502. The van der Waals surface area contributed by atoms with Crippen LogP contribution in [0, 0.1) is 5.92 Å². The SMILES string of the molecule is O[C@H]1OCCC[C@@H]1C(F)(F)C(F)(F)C(F)(F)C(F)(F)C(F)(F)C(F)(F)F. The quantitative estimate of drug-likeness (QED) is 0.666. The molecule has 0 aromatic heterocycles. The Labute approximate surface area is 135 Å². The van der Waals surface area contributed by atoms with Crippen molar-refractivity contribution in [2.75, 3.05) is 6.61 Å². The Hall–Kier alpha value is -0.990. The summed E-state index contributed by atoms with van der Waals surface area (Å²) in [5, 5.41) is 9.03. The second-order valence-corrected chi connectivity index (χ2v) is 5.43. The van der Waals surface area contributed by atoms with Crippen LogP contribution in [-0.2, 0) is 4.74 Å². The van der Waals surface area contributed by atoms with E-state index in [2.05, 4.69) is 4.74 Å². The molecule has 0 unspecified atom stereocenters. The van der Waals surface area contributed by atoms with Crippen molar-refractivity contribution in [3.63, 3.8) is 0 Å². The molecule has 26 heavy (non-hydrogen) atoms. The van der Waals surface area contributed by atoms with Gasteiger partial charge in [0.15, 0.2) is 6.29 Å². The molecule has 0 saturated carbocycles. The van der Waals surface area contributed by atoms with Gasteiger partial charge < -0.3 is 9.84 Å². The lowest BCUT2D eigenvalue weighted by molar-refractivity contribution is -0.447. The van der Waals surface area contributed by atoms with Crippen molar-refractivity contribution < 1.29 is 66.9 Å². The number of alkyl halides is 13. The van der Waals surface area contributed by atoms with E-state index in [1.807, 2.05) is 0 Å². The third-order valence-electron chi connectivity index (χ3n) is 3.72. The Morgan fingerprint density at radius 3 is 1.46 bits per heavy atom. The van der Waals surface area contributed by atoms with Crippen molar-refractivity contribution in [3.8, 4) is 0 Å². The standard InChI is InChI=1S/C11H9F13O2/c12-6(13,4-2-1-3-26-5(4)25)7(14,15)8(16,17)9(18,19)10(20,21)11(22,23)24/h4-5,25H,1-3H2/t4-,5-/m0/s1. The molecule has 1 heterocycles. The second kappa shape index (κ2) is 6.27. The molecule has 1 fully saturated rings. The topological polar surface area (TPSA) is 29.5 Å². The summed E-state index contributed by atoms with van der Waals surface area (Å²) in [5.74, 6) is -40.5. The molecule has 15 heteroatoms. The fourth-order valence-corrected chi connectivity index (χ4v) is 2.14. The average molecular weight is 420 g/mol. The third kappa shape index (κ3) is 2.99. The Kier molecular flexibility index (Phi) is 5.56. The normalized spacial score (nSPS) is 24.7. The van der Waals surface area contributed by atoms with Crippen LogP contribution in [0.15, 0.2) is 0 Å². The van der Waals surface area contributed by atoms with Crippen LogP contribution in [0.4, 0.5) is 57.1 Å². The first-order valence-electron chi connectivity index (χ1n) is 6.52. The Balaban J connectivity index is 3.43. The van der Waals surface area contributed by atoms with E-state index in [1.54, 1.807) is 0 Å². The summed E-state index contributed by atoms with van der Waals surface area (Å²) in [7, 11) is 0. The van der Waals surface area contributed by atoms with Gasteiger partial charge >= 0.3 is 35.8 Å². The van der Waals surface area contributed by atoms with Gasteiger partial charge in [-0.3, -0.25) is 0 Å². The van der Waals surface area contributed by atoms with Crippen molar-refractivity contribution in [1.29, 1.82) is 0 Å². The van der Waals surface area contributed by atoms with Crippen LogP contribution in [0.2, 0.25) is 0 Å². The number of aliphatic hydroxyl groups is 1. The Bertz CT molecular complexity index is 513. The van der Waals surface area contributed by atoms with Gasteiger partial charge in [-0.25, -0.2) is 0 Å². The molecule has 0 aromatic rings. The Morgan fingerprint density at radius 2 is 1.08 bits per heavy atom. The van der Waals surface area contributed by atoms with Crippen LogP contribution in [-0.4, -0.2) is 53.8 Å². The van der Waals surface area contributed by atoms with Crippen LogP contribution in [0.25, 0.3) is 0 Å². The molecular weight excluding hydrogens is 411 g/mol. The van der Waals surface area contributed by atoms with Gasteiger partial charge in [-0.15, -0.1) is 0 Å². The molecule has 0 aromatic carbocycles. The first-order chi connectivity index (χ1) is 11.3. The molecule has 1 rings (SSSR count). The monoisotopic (exact) mass is 420 g/mol. The van der Waals surface area contributed by atoms with Crippen LogP contribution in [0.5, 0.6) is 0 Å². The number of halogens is 13. The minimum absolute atomic E-state index is 0.502. The summed E-state index contributed by atoms with van der Waals surface area (Å²) in [6.07, 6.45) is -12.0. The van der Waals surface area contributed by atoms with E-state index in [0.717, 1.165) is 0 Å². The summed E-state index contributed by atoms with van der Waals surface area (Å²) in [4.78, 5) is 0. The molecule has 0 spiro atoms. The van der Waals surface area contributed by atoms with Crippen molar-refractivity contribution in [1.82, 2.24) is 0 Å². The van der Waals surface area contributed by atoms with Crippen molar-refractivity contribution in [3.05, 3.63) is 0 Å². The minimum Gasteiger partial charge on any atom is -0.367 e. The summed E-state index contributed by atoms with van der Waals surface area (Å²) >= 11 is 0. The molecule has 0 amide bonds. The van der Waals surface area contributed by atoms with Crippen molar-refractivity contribution >= 4 is 0 Å². The zero-order chi connectivity index (χ0) is 21.0. The largest absolute Gasteiger partial charge is 0.460 e. The molecule has 0 aliphatic carbocycles. The van der Waals surface area contributed by atoms with Crippen molar-refractivity contribution in [2.45, 2.75) is 54.9 Å². The minimum atomic E-state index is -7.94. The van der Waals surface area contributed by atoms with Crippen LogP contribution in [0.1, 0.15) is 12.8 Å². The third-order valence-corrected chi connectivity index (χ3v) is 3.72. The van der Waals surface area contributed by atoms with Crippen LogP contribution < -0.4 is 0 Å². The molecule has 1 saturated heterocycles. The number of ether oxygens (including phenoxy) is 1. The van der Waals surface area contributed by atoms with E-state index in [4.69, 9.17) is 5.11 Å². The van der Waals surface area contributed by atoms with Crippen LogP contribution >= 0.6 is 0 Å². The lowest BCUT2D eigenvalue weighted by atomic mass is 9.84. The fraction of sp³-hybridized carbons (Fsp3) is 1.00. The van der Waals surface area contributed by atoms with Crippen LogP contribution in [0.3, 0.4) is 0 Å². The lowest BCUT2D eigenvalue weighted by Gasteiger charge is -2.43. The summed E-state index contributed by atoms with van der Waals surface area (Å²) in [5.41, 5.74) is 0. The van der Waals surface area contributed by atoms with Gasteiger partial charge in [0.05, 0.1) is 5.92 Å². The molecule has 1 aliphatic rings. The van der Waals surface area contributed by atoms with E-state index in [0.29, 0.717) is 0 Å². The van der Waals surface area contributed by atoms with E-state index in [9.17, 15) is 57.1 Å². The second-order valence-electron chi connectivity index (χ2n) is 5.43. The van der Waals surface area contributed by atoms with E-state index >= 15 is 0 Å². The summed E-state index contributed by atoms with van der Waals surface area (Å²) < 4.78 is 172. The molecule has 0 bridgehead atoms.